The van der Waals surface area contributed by atoms with Gasteiger partial charge in [-0.1, -0.05) is 30.3 Å². The van der Waals surface area contributed by atoms with Crippen molar-refractivity contribution in [3.8, 4) is 0 Å². The van der Waals surface area contributed by atoms with Crippen LogP contribution in [0.2, 0.25) is 0 Å². The Hall–Kier alpha value is -2.61. The van der Waals surface area contributed by atoms with Gasteiger partial charge in [0.05, 0.1) is 4.91 Å². The van der Waals surface area contributed by atoms with E-state index in [1.54, 1.807) is 30.3 Å². The van der Waals surface area contributed by atoms with E-state index >= 15 is 0 Å². The summed E-state index contributed by atoms with van der Waals surface area (Å²) in [6, 6.07) is 9.00. The van der Waals surface area contributed by atoms with Gasteiger partial charge < -0.3 is 10.4 Å². The summed E-state index contributed by atoms with van der Waals surface area (Å²) in [5, 5.41) is 10.0. The minimum atomic E-state index is -1.20. The Morgan fingerprint density at radius 1 is 1.23 bits per heavy atom. The van der Waals surface area contributed by atoms with Crippen molar-refractivity contribution in [2.24, 2.45) is 0 Å². The number of carboxylic acids is 1. The molecule has 1 heterocycles. The summed E-state index contributed by atoms with van der Waals surface area (Å²) < 4.78 is 0. The number of aliphatic carboxylic acids is 1. The average molecular weight is 320 g/mol. The smallest absolute Gasteiger partial charge is 0.322 e. The summed E-state index contributed by atoms with van der Waals surface area (Å²) in [5.74, 6) is -2.47. The standard InChI is InChI=1S/C14H12N2O5S/c17-11(15-7-12(18)19)8-16-13(20)10(22-14(16)21)6-9-4-2-1-3-5-9/h1-6H,7-8H2,(H,15,17)(H,18,19)/b10-6-. The largest absolute Gasteiger partial charge is 0.480 e. The molecule has 0 atom stereocenters. The summed E-state index contributed by atoms with van der Waals surface area (Å²) in [6.45, 7) is -1.06. The van der Waals surface area contributed by atoms with Crippen LogP contribution >= 0.6 is 11.8 Å². The first-order valence-corrected chi connectivity index (χ1v) is 7.08. The lowest BCUT2D eigenvalue weighted by Crippen LogP contribution is -2.41. The van der Waals surface area contributed by atoms with Gasteiger partial charge in [0, 0.05) is 0 Å². The fourth-order valence-electron chi connectivity index (χ4n) is 1.71. The quantitative estimate of drug-likeness (QED) is 0.782. The van der Waals surface area contributed by atoms with Crippen molar-refractivity contribution in [3.05, 3.63) is 40.8 Å². The first-order valence-electron chi connectivity index (χ1n) is 6.26. The molecule has 1 aromatic carbocycles. The molecule has 0 bridgehead atoms. The number of hydrogen-bond acceptors (Lipinski definition) is 5. The van der Waals surface area contributed by atoms with Crippen LogP contribution in [0.25, 0.3) is 6.08 Å². The Bertz CT molecular complexity index is 656. The molecule has 8 heteroatoms. The van der Waals surface area contributed by atoms with E-state index in [1.807, 2.05) is 6.07 Å². The fraction of sp³-hybridized carbons (Fsp3) is 0.143. The molecule has 1 aromatic rings. The normalized spacial score (nSPS) is 16.2. The van der Waals surface area contributed by atoms with Gasteiger partial charge in [0.15, 0.2) is 0 Å². The molecule has 22 heavy (non-hydrogen) atoms. The van der Waals surface area contributed by atoms with Crippen molar-refractivity contribution in [3.63, 3.8) is 0 Å². The number of carboxylic acid groups (broad SMARTS) is 1. The lowest BCUT2D eigenvalue weighted by atomic mass is 10.2. The minimum absolute atomic E-state index is 0.224. The molecule has 0 spiro atoms. The van der Waals surface area contributed by atoms with Crippen LogP contribution in [0.4, 0.5) is 4.79 Å². The highest BCUT2D eigenvalue weighted by molar-refractivity contribution is 8.18. The Kier molecular flexibility index (Phi) is 4.95. The molecule has 1 fully saturated rings. The summed E-state index contributed by atoms with van der Waals surface area (Å²) in [5.41, 5.74) is 0.767. The number of carbonyl (C=O) groups is 4. The van der Waals surface area contributed by atoms with E-state index in [0.29, 0.717) is 0 Å². The van der Waals surface area contributed by atoms with Gasteiger partial charge in [-0.05, 0) is 23.4 Å². The lowest BCUT2D eigenvalue weighted by molar-refractivity contribution is -0.138. The number of nitrogens with zero attached hydrogens (tertiary/aromatic N) is 1. The molecule has 114 valence electrons. The zero-order valence-corrected chi connectivity index (χ0v) is 12.1. The van der Waals surface area contributed by atoms with E-state index < -0.39 is 36.1 Å². The third-order valence-electron chi connectivity index (χ3n) is 2.71. The van der Waals surface area contributed by atoms with Gasteiger partial charge >= 0.3 is 5.97 Å². The molecular weight excluding hydrogens is 308 g/mol. The van der Waals surface area contributed by atoms with Crippen LogP contribution in [0, 0.1) is 0 Å². The maximum Gasteiger partial charge on any atom is 0.322 e. The van der Waals surface area contributed by atoms with Crippen LogP contribution in [-0.2, 0) is 14.4 Å². The molecule has 0 saturated carbocycles. The number of nitrogens with one attached hydrogen (secondary N) is 1. The topological polar surface area (TPSA) is 104 Å². The van der Waals surface area contributed by atoms with Crippen LogP contribution in [0.5, 0.6) is 0 Å². The van der Waals surface area contributed by atoms with Crippen molar-refractivity contribution >= 4 is 40.9 Å². The molecule has 1 aliphatic rings. The van der Waals surface area contributed by atoms with Crippen molar-refractivity contribution in [1.82, 2.24) is 10.2 Å². The predicted molar refractivity (Wildman–Crippen MR) is 79.8 cm³/mol. The molecule has 3 amide bonds. The third-order valence-corrected chi connectivity index (χ3v) is 3.62. The van der Waals surface area contributed by atoms with Crippen molar-refractivity contribution in [2.75, 3.05) is 13.1 Å². The lowest BCUT2D eigenvalue weighted by Gasteiger charge is -2.11. The van der Waals surface area contributed by atoms with E-state index in [9.17, 15) is 19.2 Å². The first kappa shape index (κ1) is 15.8. The second-order valence-corrected chi connectivity index (χ2v) is 5.34. The molecule has 7 nitrogen and oxygen atoms in total. The summed E-state index contributed by atoms with van der Waals surface area (Å²) in [7, 11) is 0. The number of benzene rings is 1. The molecule has 0 aliphatic carbocycles. The number of carbonyl (C=O) groups excluding carboxylic acids is 3. The van der Waals surface area contributed by atoms with E-state index in [0.717, 1.165) is 22.2 Å². The summed E-state index contributed by atoms with van der Waals surface area (Å²) >= 11 is 0.745. The highest BCUT2D eigenvalue weighted by Crippen LogP contribution is 2.31. The van der Waals surface area contributed by atoms with Gasteiger partial charge in [0.25, 0.3) is 11.1 Å². The highest BCUT2D eigenvalue weighted by atomic mass is 32.2. The molecule has 2 rings (SSSR count). The Labute approximate surface area is 130 Å². The average Bonchev–Trinajstić information content (AvgIpc) is 2.74. The molecule has 0 radical (unpaired) electrons. The summed E-state index contributed by atoms with van der Waals surface area (Å²) in [4.78, 5) is 46.8. The first-order chi connectivity index (χ1) is 10.5. The van der Waals surface area contributed by atoms with Gasteiger partial charge in [-0.2, -0.15) is 0 Å². The minimum Gasteiger partial charge on any atom is -0.480 e. The number of imide groups is 1. The van der Waals surface area contributed by atoms with E-state index in [1.165, 1.54) is 0 Å². The SMILES string of the molecule is O=C(O)CNC(=O)CN1C(=O)S/C(=C\c2ccccc2)C1=O. The van der Waals surface area contributed by atoms with Gasteiger partial charge in [-0.15, -0.1) is 0 Å². The molecule has 2 N–H and O–H groups in total. The highest BCUT2D eigenvalue weighted by Gasteiger charge is 2.36. The van der Waals surface area contributed by atoms with Gasteiger partial charge in [-0.25, -0.2) is 0 Å². The molecule has 1 saturated heterocycles. The summed E-state index contributed by atoms with van der Waals surface area (Å²) in [6.07, 6.45) is 1.57. The Balaban J connectivity index is 2.04. The third kappa shape index (κ3) is 3.95. The second kappa shape index (κ2) is 6.90. The van der Waals surface area contributed by atoms with E-state index in [4.69, 9.17) is 5.11 Å². The van der Waals surface area contributed by atoms with Crippen molar-refractivity contribution in [1.29, 1.82) is 0 Å². The van der Waals surface area contributed by atoms with Crippen LogP contribution in [0.1, 0.15) is 5.56 Å². The maximum atomic E-state index is 12.1. The Morgan fingerprint density at radius 2 is 1.91 bits per heavy atom. The van der Waals surface area contributed by atoms with Crippen LogP contribution in [0.3, 0.4) is 0 Å². The van der Waals surface area contributed by atoms with Gasteiger partial charge in [0.1, 0.15) is 13.1 Å². The molecule has 0 aromatic heterocycles. The van der Waals surface area contributed by atoms with Crippen LogP contribution in [-0.4, -0.2) is 46.1 Å². The molecular formula is C14H12N2O5S. The molecule has 0 unspecified atom stereocenters. The van der Waals surface area contributed by atoms with Crippen LogP contribution < -0.4 is 5.32 Å². The van der Waals surface area contributed by atoms with E-state index in [2.05, 4.69) is 5.32 Å². The fourth-order valence-corrected chi connectivity index (χ4v) is 2.55. The van der Waals surface area contributed by atoms with Gasteiger partial charge in [-0.3, -0.25) is 24.1 Å². The molecule has 1 aliphatic heterocycles. The zero-order valence-electron chi connectivity index (χ0n) is 11.3. The van der Waals surface area contributed by atoms with Gasteiger partial charge in [0.2, 0.25) is 5.91 Å². The monoisotopic (exact) mass is 320 g/mol. The predicted octanol–water partition coefficient (Wildman–Crippen LogP) is 0.924. The van der Waals surface area contributed by atoms with Crippen molar-refractivity contribution < 1.29 is 24.3 Å². The Morgan fingerprint density at radius 3 is 2.55 bits per heavy atom. The number of amides is 3. The van der Waals surface area contributed by atoms with E-state index in [-0.39, 0.29) is 4.91 Å². The maximum absolute atomic E-state index is 12.1. The number of hydrogen-bond donors (Lipinski definition) is 2. The number of thioether (sulfide) groups is 1. The second-order valence-electron chi connectivity index (χ2n) is 4.35. The zero-order chi connectivity index (χ0) is 16.1. The van der Waals surface area contributed by atoms with Crippen LogP contribution in [0.15, 0.2) is 35.2 Å². The van der Waals surface area contributed by atoms with Crippen molar-refractivity contribution in [2.45, 2.75) is 0 Å². The number of rotatable bonds is 5.